The summed E-state index contributed by atoms with van der Waals surface area (Å²) < 4.78 is 13.1. The van der Waals surface area contributed by atoms with Gasteiger partial charge < -0.3 is 5.73 Å². The first-order valence-electron chi connectivity index (χ1n) is 5.25. The SMILES string of the molecule is Nc1cccnc1C(=O)Cc1cc(F)ccc1Cl. The number of anilines is 1. The largest absolute Gasteiger partial charge is 0.397 e. The number of halogens is 2. The predicted molar refractivity (Wildman–Crippen MR) is 68.1 cm³/mol. The van der Waals surface area contributed by atoms with E-state index in [2.05, 4.69) is 4.98 Å². The molecule has 1 aromatic carbocycles. The second-order valence-electron chi connectivity index (χ2n) is 3.78. The quantitative estimate of drug-likeness (QED) is 0.868. The van der Waals surface area contributed by atoms with E-state index in [1.165, 1.54) is 24.4 Å². The second kappa shape index (κ2) is 5.14. The lowest BCUT2D eigenvalue weighted by Crippen LogP contribution is -2.09. The van der Waals surface area contributed by atoms with Crippen LogP contribution in [0.1, 0.15) is 16.1 Å². The maximum absolute atomic E-state index is 13.1. The van der Waals surface area contributed by atoms with E-state index in [0.717, 1.165) is 0 Å². The Labute approximate surface area is 108 Å². The van der Waals surface area contributed by atoms with Crippen molar-refractivity contribution in [2.45, 2.75) is 6.42 Å². The summed E-state index contributed by atoms with van der Waals surface area (Å²) in [7, 11) is 0. The smallest absolute Gasteiger partial charge is 0.187 e. The highest BCUT2D eigenvalue weighted by Crippen LogP contribution is 2.20. The molecule has 0 spiro atoms. The Morgan fingerprint density at radius 1 is 1.39 bits per heavy atom. The Kier molecular flexibility index (Phi) is 3.58. The molecule has 1 aromatic heterocycles. The summed E-state index contributed by atoms with van der Waals surface area (Å²) in [5.74, 6) is -0.725. The third-order valence-electron chi connectivity index (χ3n) is 2.46. The molecule has 0 aliphatic heterocycles. The predicted octanol–water partition coefficient (Wildman–Crippen LogP) is 2.88. The number of nitrogens with zero attached hydrogens (tertiary/aromatic N) is 1. The van der Waals surface area contributed by atoms with Gasteiger partial charge in [-0.2, -0.15) is 0 Å². The zero-order chi connectivity index (χ0) is 13.1. The normalized spacial score (nSPS) is 10.3. The first-order chi connectivity index (χ1) is 8.58. The van der Waals surface area contributed by atoms with Gasteiger partial charge in [-0.25, -0.2) is 4.39 Å². The fourth-order valence-corrected chi connectivity index (χ4v) is 1.77. The molecule has 18 heavy (non-hydrogen) atoms. The van der Waals surface area contributed by atoms with Crippen molar-refractivity contribution in [3.8, 4) is 0 Å². The first kappa shape index (κ1) is 12.5. The van der Waals surface area contributed by atoms with E-state index in [-0.39, 0.29) is 17.9 Å². The van der Waals surface area contributed by atoms with Crippen LogP contribution in [0, 0.1) is 5.82 Å². The molecule has 0 atom stereocenters. The molecule has 0 saturated carbocycles. The number of ketones is 1. The molecule has 2 N–H and O–H groups in total. The third-order valence-corrected chi connectivity index (χ3v) is 2.83. The molecule has 3 nitrogen and oxygen atoms in total. The summed E-state index contributed by atoms with van der Waals surface area (Å²) in [6.45, 7) is 0. The molecule has 5 heteroatoms. The molecule has 0 amide bonds. The van der Waals surface area contributed by atoms with Crippen LogP contribution in [-0.2, 0) is 6.42 Å². The number of nitrogen functional groups attached to an aromatic ring is 1. The number of aromatic nitrogens is 1. The van der Waals surface area contributed by atoms with Crippen LogP contribution in [0.25, 0.3) is 0 Å². The van der Waals surface area contributed by atoms with Crippen molar-refractivity contribution in [3.05, 3.63) is 58.6 Å². The zero-order valence-electron chi connectivity index (χ0n) is 9.36. The second-order valence-corrected chi connectivity index (χ2v) is 4.18. The van der Waals surface area contributed by atoms with E-state index in [1.807, 2.05) is 0 Å². The number of carbonyl (C=O) groups excluding carboxylic acids is 1. The Hall–Kier alpha value is -1.94. The van der Waals surface area contributed by atoms with Crippen LogP contribution in [0.15, 0.2) is 36.5 Å². The molecule has 0 bridgehead atoms. The van der Waals surface area contributed by atoms with Crippen molar-refractivity contribution in [2.24, 2.45) is 0 Å². The van der Waals surface area contributed by atoms with Gasteiger partial charge in [-0.15, -0.1) is 0 Å². The highest BCUT2D eigenvalue weighted by atomic mass is 35.5. The van der Waals surface area contributed by atoms with Gasteiger partial charge in [0.05, 0.1) is 5.69 Å². The third kappa shape index (κ3) is 2.65. The number of rotatable bonds is 3. The van der Waals surface area contributed by atoms with Crippen molar-refractivity contribution in [1.29, 1.82) is 0 Å². The molecule has 2 aromatic rings. The number of Topliss-reactive ketones (excluding diaryl/α,β-unsaturated/α-hetero) is 1. The van der Waals surface area contributed by atoms with Crippen molar-refractivity contribution in [2.75, 3.05) is 5.73 Å². The Morgan fingerprint density at radius 2 is 2.17 bits per heavy atom. The summed E-state index contributed by atoms with van der Waals surface area (Å²) in [5.41, 5.74) is 6.56. The number of hydrogen-bond acceptors (Lipinski definition) is 3. The Bertz CT molecular complexity index is 601. The summed E-state index contributed by atoms with van der Waals surface area (Å²) in [4.78, 5) is 15.9. The summed E-state index contributed by atoms with van der Waals surface area (Å²) in [6, 6.07) is 7.13. The summed E-state index contributed by atoms with van der Waals surface area (Å²) >= 11 is 5.90. The number of benzene rings is 1. The molecule has 1 heterocycles. The topological polar surface area (TPSA) is 56.0 Å². The molecular weight excluding hydrogens is 255 g/mol. The number of carbonyl (C=O) groups is 1. The van der Waals surface area contributed by atoms with E-state index in [9.17, 15) is 9.18 Å². The Morgan fingerprint density at radius 3 is 2.89 bits per heavy atom. The van der Waals surface area contributed by atoms with Crippen LogP contribution in [0.2, 0.25) is 5.02 Å². The summed E-state index contributed by atoms with van der Waals surface area (Å²) in [5, 5.41) is 0.347. The van der Waals surface area contributed by atoms with E-state index in [4.69, 9.17) is 17.3 Å². The van der Waals surface area contributed by atoms with Crippen molar-refractivity contribution < 1.29 is 9.18 Å². The van der Waals surface area contributed by atoms with Gasteiger partial charge in [0.15, 0.2) is 5.78 Å². The molecule has 0 radical (unpaired) electrons. The standard InChI is InChI=1S/C13H10ClFN2O/c14-10-4-3-9(15)6-8(10)7-12(18)13-11(16)2-1-5-17-13/h1-6H,7,16H2. The molecule has 0 aliphatic carbocycles. The Balaban J connectivity index is 2.27. The lowest BCUT2D eigenvalue weighted by Gasteiger charge is -2.05. The minimum atomic E-state index is -0.434. The van der Waals surface area contributed by atoms with Gasteiger partial charge >= 0.3 is 0 Å². The molecule has 0 aliphatic rings. The monoisotopic (exact) mass is 264 g/mol. The average Bonchev–Trinajstić information content (AvgIpc) is 2.34. The maximum Gasteiger partial charge on any atom is 0.187 e. The number of pyridine rings is 1. The molecule has 92 valence electrons. The van der Waals surface area contributed by atoms with Crippen LogP contribution < -0.4 is 5.73 Å². The lowest BCUT2D eigenvalue weighted by atomic mass is 10.1. The van der Waals surface area contributed by atoms with Crippen molar-refractivity contribution >= 4 is 23.1 Å². The number of nitrogens with two attached hydrogens (primary N) is 1. The van der Waals surface area contributed by atoms with Crippen LogP contribution in [0.3, 0.4) is 0 Å². The van der Waals surface area contributed by atoms with Crippen LogP contribution in [-0.4, -0.2) is 10.8 Å². The fourth-order valence-electron chi connectivity index (χ4n) is 1.59. The lowest BCUT2D eigenvalue weighted by molar-refractivity contribution is 0.0989. The van der Waals surface area contributed by atoms with Gasteiger partial charge in [0.1, 0.15) is 11.5 Å². The van der Waals surface area contributed by atoms with Crippen molar-refractivity contribution in [1.82, 2.24) is 4.98 Å². The van der Waals surface area contributed by atoms with Gasteiger partial charge in [0.2, 0.25) is 0 Å². The fraction of sp³-hybridized carbons (Fsp3) is 0.0769. The number of hydrogen-bond donors (Lipinski definition) is 1. The minimum Gasteiger partial charge on any atom is -0.397 e. The van der Waals surface area contributed by atoms with E-state index in [1.54, 1.807) is 12.1 Å². The van der Waals surface area contributed by atoms with Crippen LogP contribution in [0.4, 0.5) is 10.1 Å². The highest BCUT2D eigenvalue weighted by molar-refractivity contribution is 6.31. The van der Waals surface area contributed by atoms with Gasteiger partial charge in [0, 0.05) is 17.6 Å². The van der Waals surface area contributed by atoms with Gasteiger partial charge in [-0.05, 0) is 35.9 Å². The van der Waals surface area contributed by atoms with Gasteiger partial charge in [0.25, 0.3) is 0 Å². The molecular formula is C13H10ClFN2O. The maximum atomic E-state index is 13.1. The van der Waals surface area contributed by atoms with E-state index >= 15 is 0 Å². The zero-order valence-corrected chi connectivity index (χ0v) is 10.1. The van der Waals surface area contributed by atoms with Gasteiger partial charge in [-0.3, -0.25) is 9.78 Å². The molecule has 2 rings (SSSR count). The average molecular weight is 265 g/mol. The highest BCUT2D eigenvalue weighted by Gasteiger charge is 2.14. The molecule has 0 saturated heterocycles. The van der Waals surface area contributed by atoms with Gasteiger partial charge in [-0.1, -0.05) is 11.6 Å². The minimum absolute atomic E-state index is 0.0300. The van der Waals surface area contributed by atoms with E-state index < -0.39 is 5.82 Å². The van der Waals surface area contributed by atoms with Crippen LogP contribution >= 0.6 is 11.6 Å². The first-order valence-corrected chi connectivity index (χ1v) is 5.63. The molecule has 0 unspecified atom stereocenters. The van der Waals surface area contributed by atoms with Crippen LogP contribution in [0.5, 0.6) is 0 Å². The summed E-state index contributed by atoms with van der Waals surface area (Å²) in [6.07, 6.45) is 1.45. The van der Waals surface area contributed by atoms with E-state index in [0.29, 0.717) is 16.3 Å². The molecule has 0 fully saturated rings. The van der Waals surface area contributed by atoms with Crippen molar-refractivity contribution in [3.63, 3.8) is 0 Å².